The van der Waals surface area contributed by atoms with Gasteiger partial charge in [-0.25, -0.2) is 9.97 Å². The third-order valence-corrected chi connectivity index (χ3v) is 3.89. The normalized spacial score (nSPS) is 17.5. The second-order valence-corrected chi connectivity index (χ2v) is 5.15. The van der Waals surface area contributed by atoms with Crippen LogP contribution in [0.1, 0.15) is 18.5 Å². The Hall–Kier alpha value is -2.21. The van der Waals surface area contributed by atoms with Gasteiger partial charge in [0, 0.05) is 25.4 Å². The first-order chi connectivity index (χ1) is 10.2. The number of hydrogen-bond acceptors (Lipinski definition) is 6. The van der Waals surface area contributed by atoms with Gasteiger partial charge in [-0.3, -0.25) is 4.98 Å². The molecule has 0 radical (unpaired) electrons. The van der Waals surface area contributed by atoms with E-state index in [1.165, 1.54) is 6.33 Å². The lowest BCUT2D eigenvalue weighted by Crippen LogP contribution is -2.43. The van der Waals surface area contributed by atoms with Crippen molar-refractivity contribution in [2.75, 3.05) is 25.1 Å². The maximum Gasteiger partial charge on any atom is 0.218 e. The van der Waals surface area contributed by atoms with Crippen molar-refractivity contribution in [2.24, 2.45) is 0 Å². The zero-order valence-electron chi connectivity index (χ0n) is 11.9. The molecule has 2 aromatic heterocycles. The van der Waals surface area contributed by atoms with E-state index in [-0.39, 0.29) is 0 Å². The van der Waals surface area contributed by atoms with Crippen molar-refractivity contribution < 1.29 is 9.84 Å². The van der Waals surface area contributed by atoms with Crippen LogP contribution in [0.5, 0.6) is 5.88 Å². The smallest absolute Gasteiger partial charge is 0.218 e. The number of methoxy groups -OCH3 is 1. The van der Waals surface area contributed by atoms with Crippen LogP contribution in [-0.2, 0) is 5.60 Å². The van der Waals surface area contributed by atoms with E-state index in [4.69, 9.17) is 4.74 Å². The summed E-state index contributed by atoms with van der Waals surface area (Å²) in [6.45, 7) is 1.43. The van der Waals surface area contributed by atoms with E-state index in [0.29, 0.717) is 31.8 Å². The molecule has 1 aliphatic rings. The minimum absolute atomic E-state index is 0.547. The standard InChI is InChI=1S/C15H18N4O2/c1-21-14-10-13(17-11-18-14)19-8-5-15(20,6-9-19)12-4-2-3-7-16-12/h2-4,7,10-11,20H,5-6,8-9H2,1H3. The molecule has 6 nitrogen and oxygen atoms in total. The average molecular weight is 286 g/mol. The summed E-state index contributed by atoms with van der Waals surface area (Å²) in [4.78, 5) is 14.7. The Balaban J connectivity index is 1.73. The summed E-state index contributed by atoms with van der Waals surface area (Å²) in [5, 5.41) is 10.8. The third-order valence-electron chi connectivity index (χ3n) is 3.89. The van der Waals surface area contributed by atoms with Crippen LogP contribution in [0.2, 0.25) is 0 Å². The van der Waals surface area contributed by atoms with E-state index in [0.717, 1.165) is 11.5 Å². The van der Waals surface area contributed by atoms with Gasteiger partial charge in [0.2, 0.25) is 5.88 Å². The van der Waals surface area contributed by atoms with Crippen LogP contribution in [0.15, 0.2) is 36.8 Å². The summed E-state index contributed by atoms with van der Waals surface area (Å²) in [6, 6.07) is 7.45. The largest absolute Gasteiger partial charge is 0.481 e. The molecular formula is C15H18N4O2. The van der Waals surface area contributed by atoms with E-state index >= 15 is 0 Å². The van der Waals surface area contributed by atoms with Gasteiger partial charge in [0.05, 0.1) is 12.8 Å². The van der Waals surface area contributed by atoms with Gasteiger partial charge in [-0.2, -0.15) is 0 Å². The van der Waals surface area contributed by atoms with E-state index in [1.54, 1.807) is 13.3 Å². The summed E-state index contributed by atoms with van der Waals surface area (Å²) < 4.78 is 5.12. The molecule has 6 heteroatoms. The molecule has 1 saturated heterocycles. The monoisotopic (exact) mass is 286 g/mol. The molecule has 1 N–H and O–H groups in total. The first kappa shape index (κ1) is 13.8. The number of aliphatic hydroxyl groups is 1. The van der Waals surface area contributed by atoms with Crippen LogP contribution in [0.4, 0.5) is 5.82 Å². The fourth-order valence-corrected chi connectivity index (χ4v) is 2.61. The molecule has 1 aliphatic heterocycles. The highest BCUT2D eigenvalue weighted by Crippen LogP contribution is 2.33. The molecule has 0 saturated carbocycles. The van der Waals surface area contributed by atoms with Crippen molar-refractivity contribution in [3.05, 3.63) is 42.5 Å². The molecule has 0 atom stereocenters. The number of nitrogens with zero attached hydrogens (tertiary/aromatic N) is 4. The van der Waals surface area contributed by atoms with Gasteiger partial charge < -0.3 is 14.7 Å². The highest BCUT2D eigenvalue weighted by Gasteiger charge is 2.35. The highest BCUT2D eigenvalue weighted by molar-refractivity contribution is 5.41. The first-order valence-electron chi connectivity index (χ1n) is 6.96. The summed E-state index contributed by atoms with van der Waals surface area (Å²) in [5.41, 5.74) is -0.112. The van der Waals surface area contributed by atoms with Crippen molar-refractivity contribution in [2.45, 2.75) is 18.4 Å². The van der Waals surface area contributed by atoms with Gasteiger partial charge >= 0.3 is 0 Å². The summed E-state index contributed by atoms with van der Waals surface area (Å²) >= 11 is 0. The predicted molar refractivity (Wildman–Crippen MR) is 78.2 cm³/mol. The Bertz CT molecular complexity index is 598. The van der Waals surface area contributed by atoms with Gasteiger partial charge in [0.1, 0.15) is 17.7 Å². The van der Waals surface area contributed by atoms with Gasteiger partial charge in [-0.05, 0) is 25.0 Å². The number of ether oxygens (including phenoxy) is 1. The summed E-state index contributed by atoms with van der Waals surface area (Å²) in [7, 11) is 1.59. The van der Waals surface area contributed by atoms with Crippen LogP contribution >= 0.6 is 0 Å². The Labute approximate surface area is 123 Å². The maximum absolute atomic E-state index is 10.8. The maximum atomic E-state index is 10.8. The fourth-order valence-electron chi connectivity index (χ4n) is 2.61. The third kappa shape index (κ3) is 2.80. The van der Waals surface area contributed by atoms with Crippen molar-refractivity contribution in [1.29, 1.82) is 0 Å². The second-order valence-electron chi connectivity index (χ2n) is 5.15. The van der Waals surface area contributed by atoms with Crippen LogP contribution in [0.3, 0.4) is 0 Å². The zero-order chi connectivity index (χ0) is 14.7. The van der Waals surface area contributed by atoms with E-state index in [9.17, 15) is 5.11 Å². The number of rotatable bonds is 3. The Morgan fingerprint density at radius 2 is 2.00 bits per heavy atom. The lowest BCUT2D eigenvalue weighted by molar-refractivity contribution is 0.00749. The Kier molecular flexibility index (Phi) is 3.70. The van der Waals surface area contributed by atoms with Crippen molar-refractivity contribution >= 4 is 5.82 Å². The molecule has 21 heavy (non-hydrogen) atoms. The molecule has 110 valence electrons. The van der Waals surface area contributed by atoms with Gasteiger partial charge in [-0.1, -0.05) is 6.07 Å². The zero-order valence-corrected chi connectivity index (χ0v) is 11.9. The molecule has 1 fully saturated rings. The van der Waals surface area contributed by atoms with Crippen molar-refractivity contribution in [3.8, 4) is 5.88 Å². The van der Waals surface area contributed by atoms with Crippen LogP contribution in [0.25, 0.3) is 0 Å². The number of piperidine rings is 1. The van der Waals surface area contributed by atoms with Crippen molar-refractivity contribution in [1.82, 2.24) is 15.0 Å². The van der Waals surface area contributed by atoms with E-state index in [2.05, 4.69) is 19.9 Å². The number of aromatic nitrogens is 3. The SMILES string of the molecule is COc1cc(N2CCC(O)(c3ccccn3)CC2)ncn1. The van der Waals surface area contributed by atoms with Gasteiger partial charge in [-0.15, -0.1) is 0 Å². The van der Waals surface area contributed by atoms with E-state index in [1.807, 2.05) is 24.3 Å². The Morgan fingerprint density at radius 1 is 1.19 bits per heavy atom. The quantitative estimate of drug-likeness (QED) is 0.919. The van der Waals surface area contributed by atoms with E-state index < -0.39 is 5.60 Å². The van der Waals surface area contributed by atoms with Crippen LogP contribution in [-0.4, -0.2) is 40.3 Å². The minimum atomic E-state index is -0.852. The molecule has 0 spiro atoms. The summed E-state index contributed by atoms with van der Waals surface area (Å²) in [5.74, 6) is 1.37. The van der Waals surface area contributed by atoms with Crippen LogP contribution < -0.4 is 9.64 Å². The number of hydrogen-bond donors (Lipinski definition) is 1. The lowest BCUT2D eigenvalue weighted by Gasteiger charge is -2.38. The fraction of sp³-hybridized carbons (Fsp3) is 0.400. The molecule has 2 aromatic rings. The number of anilines is 1. The molecule has 0 amide bonds. The van der Waals surface area contributed by atoms with Crippen molar-refractivity contribution in [3.63, 3.8) is 0 Å². The topological polar surface area (TPSA) is 71.4 Å². The highest BCUT2D eigenvalue weighted by atomic mass is 16.5. The average Bonchev–Trinajstić information content (AvgIpc) is 2.56. The lowest BCUT2D eigenvalue weighted by atomic mass is 9.88. The van der Waals surface area contributed by atoms with Crippen LogP contribution in [0, 0.1) is 0 Å². The minimum Gasteiger partial charge on any atom is -0.481 e. The van der Waals surface area contributed by atoms with Gasteiger partial charge in [0.25, 0.3) is 0 Å². The molecule has 3 heterocycles. The molecule has 0 unspecified atom stereocenters. The predicted octanol–water partition coefficient (Wildman–Crippen LogP) is 1.37. The summed E-state index contributed by atoms with van der Waals surface area (Å²) in [6.07, 6.45) is 4.45. The first-order valence-corrected chi connectivity index (χ1v) is 6.96. The molecule has 3 rings (SSSR count). The number of pyridine rings is 1. The van der Waals surface area contributed by atoms with Gasteiger partial charge in [0.15, 0.2) is 0 Å². The Morgan fingerprint density at radius 3 is 2.67 bits per heavy atom. The molecule has 0 aliphatic carbocycles. The molecular weight excluding hydrogens is 268 g/mol. The molecule has 0 bridgehead atoms. The molecule has 0 aromatic carbocycles. The second kappa shape index (κ2) is 5.65.